The largest absolute Gasteiger partial charge is 0.490 e. The zero-order valence-corrected chi connectivity index (χ0v) is 16.6. The van der Waals surface area contributed by atoms with Crippen LogP contribution in [-0.2, 0) is 20.7 Å². The molecular weight excluding hydrogens is 390 g/mol. The average Bonchev–Trinajstić information content (AvgIpc) is 3.06. The molecule has 150 valence electrons. The van der Waals surface area contributed by atoms with E-state index >= 15 is 0 Å². The van der Waals surface area contributed by atoms with E-state index in [1.807, 2.05) is 42.5 Å². The smallest absolute Gasteiger partial charge is 0.290 e. The van der Waals surface area contributed by atoms with Crippen molar-refractivity contribution in [2.45, 2.75) is 12.0 Å². The van der Waals surface area contributed by atoms with Crippen LogP contribution in [0.3, 0.4) is 0 Å². The fraction of sp³-hybridized carbons (Fsp3) is 0.273. The highest BCUT2D eigenvalue weighted by atomic mass is 32.2. The summed E-state index contributed by atoms with van der Waals surface area (Å²) in [7, 11) is 0. The van der Waals surface area contributed by atoms with E-state index in [9.17, 15) is 9.59 Å². The highest BCUT2D eigenvalue weighted by molar-refractivity contribution is 8.18. The molecule has 0 spiro atoms. The molecule has 0 aromatic heterocycles. The van der Waals surface area contributed by atoms with Crippen molar-refractivity contribution in [1.29, 1.82) is 0 Å². The molecule has 0 bridgehead atoms. The molecule has 0 radical (unpaired) electrons. The Morgan fingerprint density at radius 1 is 1.07 bits per heavy atom. The van der Waals surface area contributed by atoms with E-state index < -0.39 is 5.60 Å². The van der Waals surface area contributed by atoms with Crippen molar-refractivity contribution in [2.24, 2.45) is 0 Å². The minimum absolute atomic E-state index is 0.348. The summed E-state index contributed by atoms with van der Waals surface area (Å²) in [4.78, 5) is 23.3. The first-order chi connectivity index (χ1) is 14.1. The Morgan fingerprint density at radius 2 is 1.86 bits per heavy atom. The van der Waals surface area contributed by atoms with Gasteiger partial charge in [-0.15, -0.1) is 0 Å². The number of ether oxygens (including phenoxy) is 3. The van der Waals surface area contributed by atoms with Crippen LogP contribution >= 0.6 is 11.8 Å². The third-order valence-corrected chi connectivity index (χ3v) is 5.50. The van der Waals surface area contributed by atoms with Crippen LogP contribution in [0.2, 0.25) is 0 Å². The molecule has 2 aliphatic heterocycles. The van der Waals surface area contributed by atoms with Gasteiger partial charge in [0.25, 0.3) is 11.1 Å². The SMILES string of the molecule is O=C1NC(=O)C(=Cc2ccc(OCC3(Cc4ccccc4)COCCO3)cc2)S1. The van der Waals surface area contributed by atoms with E-state index in [1.54, 1.807) is 6.08 Å². The Morgan fingerprint density at radius 3 is 2.52 bits per heavy atom. The molecular formula is C22H21NO5S. The van der Waals surface area contributed by atoms with E-state index in [0.29, 0.717) is 43.5 Å². The molecule has 2 aromatic rings. The number of thioether (sulfide) groups is 1. The van der Waals surface area contributed by atoms with E-state index in [0.717, 1.165) is 17.3 Å². The topological polar surface area (TPSA) is 73.9 Å². The summed E-state index contributed by atoms with van der Waals surface area (Å²) in [5, 5.41) is 1.90. The number of benzene rings is 2. The molecule has 1 N–H and O–H groups in total. The highest BCUT2D eigenvalue weighted by Gasteiger charge is 2.35. The molecule has 2 amide bonds. The number of carbonyl (C=O) groups is 2. The highest BCUT2D eigenvalue weighted by Crippen LogP contribution is 2.27. The molecule has 1 unspecified atom stereocenters. The van der Waals surface area contributed by atoms with Crippen LogP contribution in [0.25, 0.3) is 6.08 Å². The molecule has 2 heterocycles. The Balaban J connectivity index is 1.42. The summed E-state index contributed by atoms with van der Waals surface area (Å²) in [6.07, 6.45) is 2.39. The first-order valence-corrected chi connectivity index (χ1v) is 10.2. The fourth-order valence-electron chi connectivity index (χ4n) is 3.27. The molecule has 2 saturated heterocycles. The van der Waals surface area contributed by atoms with Gasteiger partial charge in [-0.3, -0.25) is 14.9 Å². The van der Waals surface area contributed by atoms with Crippen molar-refractivity contribution in [3.05, 3.63) is 70.6 Å². The van der Waals surface area contributed by atoms with Crippen molar-refractivity contribution >= 4 is 29.0 Å². The molecule has 2 fully saturated rings. The molecule has 2 aromatic carbocycles. The second kappa shape index (κ2) is 8.82. The van der Waals surface area contributed by atoms with Crippen LogP contribution in [-0.4, -0.2) is 43.2 Å². The molecule has 0 aliphatic carbocycles. The van der Waals surface area contributed by atoms with Gasteiger partial charge in [0.2, 0.25) is 0 Å². The summed E-state index contributed by atoms with van der Waals surface area (Å²) in [6.45, 7) is 1.98. The minimum atomic E-state index is -0.529. The van der Waals surface area contributed by atoms with E-state index in [1.165, 1.54) is 5.56 Å². The van der Waals surface area contributed by atoms with Crippen LogP contribution in [0.4, 0.5) is 4.79 Å². The number of carbonyl (C=O) groups excluding carboxylic acids is 2. The molecule has 4 rings (SSSR count). The maximum Gasteiger partial charge on any atom is 0.290 e. The number of rotatable bonds is 6. The van der Waals surface area contributed by atoms with Gasteiger partial charge < -0.3 is 14.2 Å². The number of hydrogen-bond donors (Lipinski definition) is 1. The molecule has 2 aliphatic rings. The Hall–Kier alpha value is -2.61. The maximum absolute atomic E-state index is 11.6. The van der Waals surface area contributed by atoms with Crippen molar-refractivity contribution in [1.82, 2.24) is 5.32 Å². The summed E-state index contributed by atoms with van der Waals surface area (Å²) < 4.78 is 17.8. The van der Waals surface area contributed by atoms with Crippen LogP contribution in [0.1, 0.15) is 11.1 Å². The van der Waals surface area contributed by atoms with Gasteiger partial charge in [0.15, 0.2) is 0 Å². The van der Waals surface area contributed by atoms with Gasteiger partial charge >= 0.3 is 0 Å². The second-order valence-electron chi connectivity index (χ2n) is 6.96. The van der Waals surface area contributed by atoms with E-state index in [4.69, 9.17) is 14.2 Å². The Kier molecular flexibility index (Phi) is 5.99. The zero-order valence-electron chi connectivity index (χ0n) is 15.8. The van der Waals surface area contributed by atoms with Crippen molar-refractivity contribution in [3.8, 4) is 5.75 Å². The van der Waals surface area contributed by atoms with Gasteiger partial charge in [0, 0.05) is 6.42 Å². The van der Waals surface area contributed by atoms with Gasteiger partial charge in [0.05, 0.1) is 24.7 Å². The molecule has 6 nitrogen and oxygen atoms in total. The van der Waals surface area contributed by atoms with Gasteiger partial charge in [-0.05, 0) is 41.1 Å². The standard InChI is InChI=1S/C22H21NO5S/c24-20-19(29-21(25)23-20)12-16-6-8-18(9-7-16)27-15-22(14-26-10-11-28-22)13-17-4-2-1-3-5-17/h1-9,12H,10-11,13-15H2,(H,23,24,25). The average molecular weight is 411 g/mol. The first-order valence-electron chi connectivity index (χ1n) is 9.35. The van der Waals surface area contributed by atoms with Crippen molar-refractivity contribution in [3.63, 3.8) is 0 Å². The number of imide groups is 1. The maximum atomic E-state index is 11.6. The summed E-state index contributed by atoms with van der Waals surface area (Å²) in [5.74, 6) is 0.339. The van der Waals surface area contributed by atoms with Gasteiger partial charge in [-0.2, -0.15) is 0 Å². The van der Waals surface area contributed by atoms with Crippen LogP contribution in [0.15, 0.2) is 59.5 Å². The monoisotopic (exact) mass is 411 g/mol. The predicted octanol–water partition coefficient (Wildman–Crippen LogP) is 3.42. The summed E-state index contributed by atoms with van der Waals surface area (Å²) >= 11 is 0.902. The van der Waals surface area contributed by atoms with Crippen molar-refractivity contribution < 1.29 is 23.8 Å². The quantitative estimate of drug-likeness (QED) is 0.735. The third kappa shape index (κ3) is 5.06. The van der Waals surface area contributed by atoms with Crippen LogP contribution in [0.5, 0.6) is 5.75 Å². The number of hydrogen-bond acceptors (Lipinski definition) is 6. The normalized spacial score (nSPS) is 23.2. The van der Waals surface area contributed by atoms with Gasteiger partial charge in [-0.25, -0.2) is 0 Å². The number of nitrogens with one attached hydrogen (secondary N) is 1. The first kappa shape index (κ1) is 19.7. The lowest BCUT2D eigenvalue weighted by Gasteiger charge is -2.37. The molecule has 7 heteroatoms. The van der Waals surface area contributed by atoms with Crippen LogP contribution < -0.4 is 10.1 Å². The summed E-state index contributed by atoms with van der Waals surface area (Å²) in [6, 6.07) is 17.5. The number of amides is 2. The fourth-order valence-corrected chi connectivity index (χ4v) is 3.95. The lowest BCUT2D eigenvalue weighted by molar-refractivity contribution is -0.170. The lowest BCUT2D eigenvalue weighted by Crippen LogP contribution is -2.49. The second-order valence-corrected chi connectivity index (χ2v) is 7.97. The molecule has 1 atom stereocenters. The third-order valence-electron chi connectivity index (χ3n) is 4.69. The van der Waals surface area contributed by atoms with Gasteiger partial charge in [0.1, 0.15) is 18.0 Å². The predicted molar refractivity (Wildman–Crippen MR) is 111 cm³/mol. The molecule has 29 heavy (non-hydrogen) atoms. The molecule has 0 saturated carbocycles. The van der Waals surface area contributed by atoms with Crippen molar-refractivity contribution in [2.75, 3.05) is 26.4 Å². The summed E-state index contributed by atoms with van der Waals surface area (Å²) in [5.41, 5.74) is 1.46. The Bertz CT molecular complexity index is 905. The lowest BCUT2D eigenvalue weighted by atomic mass is 9.95. The van der Waals surface area contributed by atoms with E-state index in [-0.39, 0.29) is 11.1 Å². The van der Waals surface area contributed by atoms with E-state index in [2.05, 4.69) is 17.4 Å². The minimum Gasteiger partial charge on any atom is -0.490 e. The zero-order chi connectivity index (χ0) is 20.1. The van der Waals surface area contributed by atoms with Crippen LogP contribution in [0, 0.1) is 0 Å². The Labute approximate surface area is 173 Å². The van der Waals surface area contributed by atoms with Gasteiger partial charge in [-0.1, -0.05) is 42.5 Å².